The first-order valence-electron chi connectivity index (χ1n) is 7.79. The van der Waals surface area contributed by atoms with Crippen molar-refractivity contribution in [3.8, 4) is 0 Å². The lowest BCUT2D eigenvalue weighted by molar-refractivity contribution is 0.0926. The van der Waals surface area contributed by atoms with Crippen molar-refractivity contribution in [2.24, 2.45) is 17.6 Å². The van der Waals surface area contributed by atoms with Crippen molar-refractivity contribution < 1.29 is 4.79 Å². The van der Waals surface area contributed by atoms with Crippen LogP contribution in [-0.4, -0.2) is 17.4 Å². The lowest BCUT2D eigenvalue weighted by Gasteiger charge is -2.19. The van der Waals surface area contributed by atoms with Gasteiger partial charge in [-0.15, -0.1) is 23.7 Å². The van der Waals surface area contributed by atoms with E-state index in [-0.39, 0.29) is 24.4 Å². The molecule has 4 nitrogen and oxygen atoms in total. The van der Waals surface area contributed by atoms with E-state index in [1.165, 1.54) is 11.3 Å². The number of nitrogens with zero attached hydrogens (tertiary/aromatic N) is 1. The fraction of sp³-hybridized carbons (Fsp3) is 0.412. The minimum absolute atomic E-state index is 0. The zero-order valence-electron chi connectivity index (χ0n) is 13.4. The molecular weight excluding hydrogens is 365 g/mol. The monoisotopic (exact) mass is 385 g/mol. The first-order valence-corrected chi connectivity index (χ1v) is 9.05. The van der Waals surface area contributed by atoms with Crippen molar-refractivity contribution >= 4 is 41.3 Å². The molecule has 7 heteroatoms. The maximum Gasteiger partial charge on any atom is 0.271 e. The van der Waals surface area contributed by atoms with Crippen LogP contribution >= 0.6 is 35.3 Å². The van der Waals surface area contributed by atoms with Gasteiger partial charge in [0.1, 0.15) is 5.69 Å². The highest BCUT2D eigenvalue weighted by molar-refractivity contribution is 7.09. The number of rotatable bonds is 6. The summed E-state index contributed by atoms with van der Waals surface area (Å²) in [6.45, 7) is 2.75. The van der Waals surface area contributed by atoms with E-state index >= 15 is 0 Å². The van der Waals surface area contributed by atoms with Gasteiger partial charge in [-0.05, 0) is 42.5 Å². The number of benzene rings is 1. The molecule has 0 radical (unpaired) electrons. The second kappa shape index (κ2) is 8.30. The highest BCUT2D eigenvalue weighted by Gasteiger charge is 2.41. The van der Waals surface area contributed by atoms with Gasteiger partial charge in [0, 0.05) is 16.8 Å². The third-order valence-electron chi connectivity index (χ3n) is 4.26. The van der Waals surface area contributed by atoms with E-state index in [0.717, 1.165) is 17.0 Å². The molecule has 1 heterocycles. The van der Waals surface area contributed by atoms with Crippen LogP contribution in [0.25, 0.3) is 0 Å². The molecule has 3 N–H and O–H groups in total. The number of nitrogens with one attached hydrogen (secondary N) is 1. The van der Waals surface area contributed by atoms with Gasteiger partial charge in [0.05, 0.1) is 11.0 Å². The van der Waals surface area contributed by atoms with Gasteiger partial charge in [0.25, 0.3) is 5.91 Å². The average Bonchev–Trinajstić information content (AvgIpc) is 3.06. The van der Waals surface area contributed by atoms with E-state index in [1.54, 1.807) is 5.38 Å². The lowest BCUT2D eigenvalue weighted by atomic mass is 10.0. The fourth-order valence-corrected chi connectivity index (χ4v) is 3.71. The number of halogens is 2. The van der Waals surface area contributed by atoms with Crippen LogP contribution in [0.4, 0.5) is 0 Å². The Balaban J connectivity index is 0.00000208. The van der Waals surface area contributed by atoms with Crippen LogP contribution in [-0.2, 0) is 6.42 Å². The Morgan fingerprint density at radius 3 is 2.71 bits per heavy atom. The first-order chi connectivity index (χ1) is 11.1. The minimum atomic E-state index is -0.122. The van der Waals surface area contributed by atoms with Crippen LogP contribution < -0.4 is 11.1 Å². The van der Waals surface area contributed by atoms with E-state index in [4.69, 9.17) is 17.3 Å². The van der Waals surface area contributed by atoms with Gasteiger partial charge in [-0.25, -0.2) is 4.98 Å². The topological polar surface area (TPSA) is 68.0 Å². The number of aromatic nitrogens is 1. The molecule has 0 aliphatic heterocycles. The summed E-state index contributed by atoms with van der Waals surface area (Å²) in [7, 11) is 0. The Morgan fingerprint density at radius 1 is 1.46 bits per heavy atom. The Morgan fingerprint density at radius 2 is 2.12 bits per heavy atom. The maximum atomic E-state index is 12.5. The quantitative estimate of drug-likeness (QED) is 0.793. The molecule has 0 saturated heterocycles. The minimum Gasteiger partial charge on any atom is -0.344 e. The lowest BCUT2D eigenvalue weighted by Crippen LogP contribution is -2.30. The van der Waals surface area contributed by atoms with Crippen LogP contribution in [0.1, 0.15) is 40.4 Å². The summed E-state index contributed by atoms with van der Waals surface area (Å²) in [5.74, 6) is 0.977. The molecule has 1 aromatic carbocycles. The number of nitrogens with two attached hydrogens (primary N) is 1. The van der Waals surface area contributed by atoms with Crippen LogP contribution in [0.15, 0.2) is 29.6 Å². The van der Waals surface area contributed by atoms with Crippen molar-refractivity contribution in [1.82, 2.24) is 10.3 Å². The Bertz CT molecular complexity index is 689. The van der Waals surface area contributed by atoms with E-state index in [1.807, 2.05) is 24.3 Å². The molecule has 2 aromatic rings. The fourth-order valence-electron chi connectivity index (χ4n) is 2.79. The normalized spacial score (nSPS) is 20.1. The number of carbonyl (C=O) groups is 1. The molecule has 1 aliphatic carbocycles. The second-order valence-corrected chi connectivity index (χ2v) is 7.42. The van der Waals surface area contributed by atoms with Crippen molar-refractivity contribution in [2.75, 3.05) is 6.54 Å². The van der Waals surface area contributed by atoms with Crippen molar-refractivity contribution in [1.29, 1.82) is 0 Å². The Hall–Kier alpha value is -1.14. The number of thiazole rings is 1. The number of carbonyl (C=O) groups excluding carboxylic acids is 1. The van der Waals surface area contributed by atoms with Crippen LogP contribution in [0, 0.1) is 11.8 Å². The summed E-state index contributed by atoms with van der Waals surface area (Å²) >= 11 is 7.45. The molecule has 1 aromatic heterocycles. The van der Waals surface area contributed by atoms with E-state index in [2.05, 4.69) is 17.2 Å². The predicted molar refractivity (Wildman–Crippen MR) is 101 cm³/mol. The Labute approximate surface area is 157 Å². The van der Waals surface area contributed by atoms with Gasteiger partial charge in [-0.1, -0.05) is 30.7 Å². The molecule has 0 spiro atoms. The zero-order valence-corrected chi connectivity index (χ0v) is 15.8. The summed E-state index contributed by atoms with van der Waals surface area (Å²) in [5.41, 5.74) is 7.10. The smallest absolute Gasteiger partial charge is 0.271 e. The van der Waals surface area contributed by atoms with Crippen molar-refractivity contribution in [3.05, 3.63) is 50.9 Å². The summed E-state index contributed by atoms with van der Waals surface area (Å²) in [6.07, 6.45) is 1.83. The predicted octanol–water partition coefficient (Wildman–Crippen LogP) is 3.85. The summed E-state index contributed by atoms with van der Waals surface area (Å²) in [6, 6.07) is 7.71. The van der Waals surface area contributed by atoms with E-state index < -0.39 is 0 Å². The number of amides is 1. The van der Waals surface area contributed by atoms with E-state index in [0.29, 0.717) is 35.5 Å². The SMILES string of the molecule is CC1CC1C(NC(=O)c1csc(CCN)n1)c1ccc(Cl)cc1.Cl. The maximum absolute atomic E-state index is 12.5. The van der Waals surface area contributed by atoms with Gasteiger partial charge in [0.2, 0.25) is 0 Å². The van der Waals surface area contributed by atoms with Crippen LogP contribution in [0.2, 0.25) is 5.02 Å². The second-order valence-electron chi connectivity index (χ2n) is 6.04. The molecular formula is C17H21Cl2N3OS. The first kappa shape index (κ1) is 19.2. The Kier molecular flexibility index (Phi) is 6.63. The third-order valence-corrected chi connectivity index (χ3v) is 5.42. The summed E-state index contributed by atoms with van der Waals surface area (Å²) in [4.78, 5) is 16.9. The van der Waals surface area contributed by atoms with Crippen LogP contribution in [0.5, 0.6) is 0 Å². The van der Waals surface area contributed by atoms with Gasteiger partial charge >= 0.3 is 0 Å². The highest BCUT2D eigenvalue weighted by atomic mass is 35.5. The largest absolute Gasteiger partial charge is 0.344 e. The zero-order chi connectivity index (χ0) is 16.4. The third kappa shape index (κ3) is 4.48. The van der Waals surface area contributed by atoms with Gasteiger partial charge in [-0.2, -0.15) is 0 Å². The van der Waals surface area contributed by atoms with Gasteiger partial charge < -0.3 is 11.1 Å². The van der Waals surface area contributed by atoms with Gasteiger partial charge in [-0.3, -0.25) is 4.79 Å². The van der Waals surface area contributed by atoms with Crippen LogP contribution in [0.3, 0.4) is 0 Å². The average molecular weight is 386 g/mol. The molecule has 1 saturated carbocycles. The summed E-state index contributed by atoms with van der Waals surface area (Å²) in [5, 5.41) is 6.55. The molecule has 3 atom stereocenters. The molecule has 3 unspecified atom stereocenters. The number of hydrogen-bond donors (Lipinski definition) is 2. The molecule has 130 valence electrons. The van der Waals surface area contributed by atoms with Gasteiger partial charge in [0.15, 0.2) is 0 Å². The standard InChI is InChI=1S/C17H20ClN3OS.ClH/c1-10-8-13(10)16(11-2-4-12(18)5-3-11)21-17(22)14-9-23-15(20-14)6-7-19;/h2-5,9-10,13,16H,6-8,19H2,1H3,(H,21,22);1H. The molecule has 24 heavy (non-hydrogen) atoms. The van der Waals surface area contributed by atoms with Crippen molar-refractivity contribution in [3.63, 3.8) is 0 Å². The molecule has 1 fully saturated rings. The van der Waals surface area contributed by atoms with E-state index in [9.17, 15) is 4.79 Å². The highest BCUT2D eigenvalue weighted by Crippen LogP contribution is 2.47. The molecule has 1 amide bonds. The summed E-state index contributed by atoms with van der Waals surface area (Å²) < 4.78 is 0. The molecule has 0 bridgehead atoms. The molecule has 1 aliphatic rings. The number of hydrogen-bond acceptors (Lipinski definition) is 4. The molecule has 3 rings (SSSR count). The van der Waals surface area contributed by atoms with Crippen molar-refractivity contribution in [2.45, 2.75) is 25.8 Å².